The molecule has 0 radical (unpaired) electrons. The monoisotopic (exact) mass is 351 g/mol. The van der Waals surface area contributed by atoms with Crippen molar-refractivity contribution in [1.29, 1.82) is 0 Å². The lowest BCUT2D eigenvalue weighted by molar-refractivity contribution is 0.310. The highest BCUT2D eigenvalue weighted by molar-refractivity contribution is 9.11. The SMILES string of the molecule is Cc1sc(Br)cc1S(=O)(=O)NC1CCCCC1C. The summed E-state index contributed by atoms with van der Waals surface area (Å²) in [5, 5.41) is 0. The number of halogens is 1. The van der Waals surface area contributed by atoms with Crippen LogP contribution in [0, 0.1) is 12.8 Å². The molecule has 18 heavy (non-hydrogen) atoms. The van der Waals surface area contributed by atoms with E-state index in [-0.39, 0.29) is 6.04 Å². The van der Waals surface area contributed by atoms with Gasteiger partial charge in [-0.25, -0.2) is 13.1 Å². The molecule has 0 saturated heterocycles. The highest BCUT2D eigenvalue weighted by atomic mass is 79.9. The van der Waals surface area contributed by atoms with Gasteiger partial charge in [0.05, 0.1) is 8.68 Å². The fraction of sp³-hybridized carbons (Fsp3) is 0.667. The van der Waals surface area contributed by atoms with Gasteiger partial charge in [0.1, 0.15) is 0 Å². The Hall–Kier alpha value is 0.0900. The van der Waals surface area contributed by atoms with Gasteiger partial charge in [-0.15, -0.1) is 11.3 Å². The first-order valence-electron chi connectivity index (χ1n) is 6.18. The molecule has 1 heterocycles. The van der Waals surface area contributed by atoms with E-state index in [0.717, 1.165) is 27.9 Å². The molecule has 0 aromatic carbocycles. The van der Waals surface area contributed by atoms with E-state index in [2.05, 4.69) is 27.6 Å². The topological polar surface area (TPSA) is 46.2 Å². The van der Waals surface area contributed by atoms with Gasteiger partial charge in [-0.05, 0) is 47.7 Å². The maximum absolute atomic E-state index is 12.4. The molecule has 1 fully saturated rings. The predicted octanol–water partition coefficient (Wildman–Crippen LogP) is 3.68. The smallest absolute Gasteiger partial charge is 0.208 e. The van der Waals surface area contributed by atoms with Gasteiger partial charge in [0.15, 0.2) is 0 Å². The van der Waals surface area contributed by atoms with Crippen molar-refractivity contribution in [2.24, 2.45) is 5.92 Å². The van der Waals surface area contributed by atoms with Crippen LogP contribution in [-0.4, -0.2) is 14.5 Å². The molecule has 0 spiro atoms. The average molecular weight is 352 g/mol. The number of hydrogen-bond donors (Lipinski definition) is 1. The molecule has 3 nitrogen and oxygen atoms in total. The van der Waals surface area contributed by atoms with Crippen molar-refractivity contribution in [3.63, 3.8) is 0 Å². The Morgan fingerprint density at radius 1 is 1.39 bits per heavy atom. The fourth-order valence-electron chi connectivity index (χ4n) is 2.45. The Bertz CT molecular complexity index is 524. The largest absolute Gasteiger partial charge is 0.241 e. The number of thiophene rings is 1. The molecular formula is C12H18BrNO2S2. The standard InChI is InChI=1S/C12H18BrNO2S2/c1-8-5-3-4-6-10(8)14-18(15,16)11-7-12(13)17-9(11)2/h7-8,10,14H,3-6H2,1-2H3. The van der Waals surface area contributed by atoms with Gasteiger partial charge in [0.2, 0.25) is 10.0 Å². The lowest BCUT2D eigenvalue weighted by atomic mass is 9.87. The molecule has 2 rings (SSSR count). The normalized spacial score (nSPS) is 25.3. The number of sulfonamides is 1. The molecule has 0 aliphatic heterocycles. The Morgan fingerprint density at radius 2 is 2.06 bits per heavy atom. The molecule has 2 unspecified atom stereocenters. The van der Waals surface area contributed by atoms with Gasteiger partial charge >= 0.3 is 0 Å². The lowest BCUT2D eigenvalue weighted by Gasteiger charge is -2.29. The van der Waals surface area contributed by atoms with Gasteiger partial charge in [-0.2, -0.15) is 0 Å². The second-order valence-corrected chi connectivity index (χ2v) is 9.28. The molecule has 0 bridgehead atoms. The minimum absolute atomic E-state index is 0.0850. The van der Waals surface area contributed by atoms with Crippen molar-refractivity contribution in [3.05, 3.63) is 14.7 Å². The van der Waals surface area contributed by atoms with Crippen LogP contribution in [0.3, 0.4) is 0 Å². The predicted molar refractivity (Wildman–Crippen MR) is 78.5 cm³/mol. The summed E-state index contributed by atoms with van der Waals surface area (Å²) < 4.78 is 28.4. The van der Waals surface area contributed by atoms with Gasteiger partial charge in [-0.3, -0.25) is 0 Å². The molecule has 6 heteroatoms. The third kappa shape index (κ3) is 3.15. The molecule has 1 aliphatic carbocycles. The molecule has 1 N–H and O–H groups in total. The Balaban J connectivity index is 2.19. The first-order chi connectivity index (χ1) is 8.40. The number of rotatable bonds is 3. The zero-order chi connectivity index (χ0) is 13.3. The summed E-state index contributed by atoms with van der Waals surface area (Å²) in [6.45, 7) is 3.97. The van der Waals surface area contributed by atoms with Gasteiger partial charge in [-0.1, -0.05) is 19.8 Å². The van der Waals surface area contributed by atoms with E-state index in [1.165, 1.54) is 17.8 Å². The summed E-state index contributed by atoms with van der Waals surface area (Å²) in [4.78, 5) is 1.25. The van der Waals surface area contributed by atoms with E-state index in [9.17, 15) is 8.42 Å². The van der Waals surface area contributed by atoms with E-state index < -0.39 is 10.0 Å². The minimum Gasteiger partial charge on any atom is -0.208 e. The summed E-state index contributed by atoms with van der Waals surface area (Å²) in [5.41, 5.74) is 0. The highest BCUT2D eigenvalue weighted by Gasteiger charge is 2.28. The average Bonchev–Trinajstić information content (AvgIpc) is 2.62. The van der Waals surface area contributed by atoms with Gasteiger partial charge in [0, 0.05) is 10.9 Å². The first kappa shape index (κ1) is 14.5. The quantitative estimate of drug-likeness (QED) is 0.902. The van der Waals surface area contributed by atoms with Crippen LogP contribution in [0.2, 0.25) is 0 Å². The van der Waals surface area contributed by atoms with Crippen molar-refractivity contribution in [2.75, 3.05) is 0 Å². The minimum atomic E-state index is -3.37. The Morgan fingerprint density at radius 3 is 2.61 bits per heavy atom. The van der Waals surface area contributed by atoms with Crippen LogP contribution >= 0.6 is 27.3 Å². The van der Waals surface area contributed by atoms with Gasteiger partial charge < -0.3 is 0 Å². The van der Waals surface area contributed by atoms with Crippen molar-refractivity contribution >= 4 is 37.3 Å². The molecule has 2 atom stereocenters. The van der Waals surface area contributed by atoms with Crippen LogP contribution < -0.4 is 4.72 Å². The molecule has 102 valence electrons. The molecule has 1 aromatic rings. The molecule has 1 aromatic heterocycles. The van der Waals surface area contributed by atoms with E-state index in [4.69, 9.17) is 0 Å². The van der Waals surface area contributed by atoms with E-state index in [0.29, 0.717) is 10.8 Å². The summed E-state index contributed by atoms with van der Waals surface area (Å²) in [6.07, 6.45) is 4.39. The van der Waals surface area contributed by atoms with Crippen molar-refractivity contribution in [3.8, 4) is 0 Å². The number of aryl methyl sites for hydroxylation is 1. The number of hydrogen-bond acceptors (Lipinski definition) is 3. The first-order valence-corrected chi connectivity index (χ1v) is 9.27. The van der Waals surface area contributed by atoms with E-state index >= 15 is 0 Å². The highest BCUT2D eigenvalue weighted by Crippen LogP contribution is 2.31. The zero-order valence-electron chi connectivity index (χ0n) is 10.6. The maximum Gasteiger partial charge on any atom is 0.241 e. The Kier molecular flexibility index (Phi) is 4.52. The number of nitrogens with one attached hydrogen (secondary N) is 1. The van der Waals surface area contributed by atoms with Crippen molar-refractivity contribution in [2.45, 2.75) is 50.5 Å². The zero-order valence-corrected chi connectivity index (χ0v) is 13.8. The van der Waals surface area contributed by atoms with Gasteiger partial charge in [0.25, 0.3) is 0 Å². The third-order valence-corrected chi connectivity index (χ3v) is 6.85. The van der Waals surface area contributed by atoms with Crippen molar-refractivity contribution in [1.82, 2.24) is 4.72 Å². The molecule has 1 aliphatic rings. The van der Waals surface area contributed by atoms with Crippen LogP contribution in [0.1, 0.15) is 37.5 Å². The van der Waals surface area contributed by atoms with Crippen LogP contribution in [0.5, 0.6) is 0 Å². The molecular weight excluding hydrogens is 334 g/mol. The summed E-state index contributed by atoms with van der Waals surface area (Å²) in [7, 11) is -3.37. The Labute approximate surface area is 121 Å². The van der Waals surface area contributed by atoms with Crippen molar-refractivity contribution < 1.29 is 8.42 Å². The molecule has 1 saturated carbocycles. The summed E-state index contributed by atoms with van der Waals surface area (Å²) >= 11 is 4.80. The second-order valence-electron chi connectivity index (χ2n) is 4.96. The second kappa shape index (κ2) is 5.61. The van der Waals surface area contributed by atoms with Crippen LogP contribution in [0.15, 0.2) is 14.7 Å². The summed E-state index contributed by atoms with van der Waals surface area (Å²) in [5.74, 6) is 0.427. The van der Waals surface area contributed by atoms with Crippen LogP contribution in [-0.2, 0) is 10.0 Å². The fourth-order valence-corrected chi connectivity index (χ4v) is 6.25. The summed E-state index contributed by atoms with van der Waals surface area (Å²) in [6, 6.07) is 1.78. The van der Waals surface area contributed by atoms with E-state index in [1.54, 1.807) is 6.07 Å². The van der Waals surface area contributed by atoms with E-state index in [1.807, 2.05) is 6.92 Å². The maximum atomic E-state index is 12.4. The van der Waals surface area contributed by atoms with Crippen LogP contribution in [0.25, 0.3) is 0 Å². The third-order valence-electron chi connectivity index (χ3n) is 3.55. The molecule has 0 amide bonds. The lowest BCUT2D eigenvalue weighted by Crippen LogP contribution is -2.41. The van der Waals surface area contributed by atoms with Crippen LogP contribution in [0.4, 0.5) is 0 Å².